The van der Waals surface area contributed by atoms with E-state index in [2.05, 4.69) is 22.3 Å². The Labute approximate surface area is 155 Å². The number of aryl methyl sites for hydroxylation is 1. The zero-order valence-corrected chi connectivity index (χ0v) is 15.0. The lowest BCUT2D eigenvalue weighted by Crippen LogP contribution is -2.17. The number of aromatic nitrogens is 2. The van der Waals surface area contributed by atoms with E-state index in [0.29, 0.717) is 28.2 Å². The molecule has 1 aromatic heterocycles. The molecule has 0 saturated heterocycles. The molecule has 4 nitrogen and oxygen atoms in total. The van der Waals surface area contributed by atoms with Crippen molar-refractivity contribution < 1.29 is 4.52 Å². The summed E-state index contributed by atoms with van der Waals surface area (Å²) < 4.78 is 5.44. The molecule has 1 unspecified atom stereocenters. The van der Waals surface area contributed by atoms with E-state index in [1.165, 1.54) is 11.1 Å². The number of fused-ring (bicyclic) bond motifs is 1. The van der Waals surface area contributed by atoms with E-state index >= 15 is 0 Å². The number of nitrogens with zero attached hydrogens (tertiary/aromatic N) is 2. The zero-order chi connectivity index (χ0) is 17.4. The van der Waals surface area contributed by atoms with Crippen LogP contribution >= 0.6 is 23.2 Å². The second-order valence-electron chi connectivity index (χ2n) is 6.34. The molecular formula is C19H17Cl2N3O. The van der Waals surface area contributed by atoms with Crippen molar-refractivity contribution >= 4 is 23.2 Å². The minimum atomic E-state index is 0.126. The molecule has 25 heavy (non-hydrogen) atoms. The van der Waals surface area contributed by atoms with E-state index in [9.17, 15) is 0 Å². The van der Waals surface area contributed by atoms with Gasteiger partial charge in [0.15, 0.2) is 5.82 Å². The monoisotopic (exact) mass is 373 g/mol. The smallest absolute Gasteiger partial charge is 0.257 e. The van der Waals surface area contributed by atoms with Crippen molar-refractivity contribution in [2.24, 2.45) is 5.73 Å². The molecule has 0 amide bonds. The Kier molecular flexibility index (Phi) is 4.50. The molecule has 0 spiro atoms. The van der Waals surface area contributed by atoms with Gasteiger partial charge >= 0.3 is 0 Å². The molecular weight excluding hydrogens is 357 g/mol. The van der Waals surface area contributed by atoms with Crippen LogP contribution in [0, 0.1) is 0 Å². The van der Waals surface area contributed by atoms with Crippen LogP contribution in [0.4, 0.5) is 0 Å². The van der Waals surface area contributed by atoms with Gasteiger partial charge in [0.2, 0.25) is 0 Å². The fourth-order valence-corrected chi connectivity index (χ4v) is 3.66. The van der Waals surface area contributed by atoms with Crippen molar-refractivity contribution in [1.82, 2.24) is 10.1 Å². The van der Waals surface area contributed by atoms with Gasteiger partial charge in [-0.25, -0.2) is 0 Å². The maximum Gasteiger partial charge on any atom is 0.257 e. The molecule has 3 aromatic rings. The fraction of sp³-hybridized carbons (Fsp3) is 0.263. The largest absolute Gasteiger partial charge is 0.334 e. The lowest BCUT2D eigenvalue weighted by molar-refractivity contribution is 0.424. The van der Waals surface area contributed by atoms with Gasteiger partial charge in [-0.05, 0) is 66.3 Å². The summed E-state index contributed by atoms with van der Waals surface area (Å²) >= 11 is 12.2. The Hall–Kier alpha value is -1.88. The number of halogens is 2. The van der Waals surface area contributed by atoms with Gasteiger partial charge in [0.1, 0.15) is 0 Å². The quantitative estimate of drug-likeness (QED) is 0.703. The molecule has 0 radical (unpaired) electrons. The lowest BCUT2D eigenvalue weighted by atomic mass is 9.87. The predicted octanol–water partition coefficient (Wildman–Crippen LogP) is 4.97. The van der Waals surface area contributed by atoms with Gasteiger partial charge in [0, 0.05) is 28.1 Å². The van der Waals surface area contributed by atoms with Gasteiger partial charge in [0.25, 0.3) is 5.89 Å². The molecule has 1 aliphatic rings. The van der Waals surface area contributed by atoms with Gasteiger partial charge < -0.3 is 10.3 Å². The maximum absolute atomic E-state index is 6.21. The summed E-state index contributed by atoms with van der Waals surface area (Å²) in [6, 6.07) is 11.7. The highest BCUT2D eigenvalue weighted by molar-refractivity contribution is 6.33. The van der Waals surface area contributed by atoms with Crippen LogP contribution in [0.15, 0.2) is 40.9 Å². The van der Waals surface area contributed by atoms with Crippen molar-refractivity contribution in [3.8, 4) is 11.5 Å². The van der Waals surface area contributed by atoms with Crippen molar-refractivity contribution in [3.05, 3.63) is 69.0 Å². The van der Waals surface area contributed by atoms with E-state index < -0.39 is 0 Å². The Morgan fingerprint density at radius 2 is 2.04 bits per heavy atom. The van der Waals surface area contributed by atoms with E-state index in [0.717, 1.165) is 30.4 Å². The first kappa shape index (κ1) is 16.6. The first-order valence-corrected chi connectivity index (χ1v) is 9.01. The van der Waals surface area contributed by atoms with Crippen LogP contribution in [-0.4, -0.2) is 10.1 Å². The average molecular weight is 374 g/mol. The minimum absolute atomic E-state index is 0.126. The Balaban J connectivity index is 1.60. The normalized spacial score (nSPS) is 16.7. The molecule has 1 heterocycles. The van der Waals surface area contributed by atoms with Crippen LogP contribution in [0.5, 0.6) is 0 Å². The molecule has 2 N–H and O–H groups in total. The van der Waals surface area contributed by atoms with Gasteiger partial charge in [0.05, 0.1) is 0 Å². The number of nitrogens with two attached hydrogens (primary N) is 1. The summed E-state index contributed by atoms with van der Waals surface area (Å²) in [5, 5.41) is 5.34. The molecule has 0 fully saturated rings. The van der Waals surface area contributed by atoms with Crippen molar-refractivity contribution in [2.45, 2.75) is 31.7 Å². The zero-order valence-electron chi connectivity index (χ0n) is 13.5. The SMILES string of the molecule is NC1CCCc2cc(-c3nc(Cc4cc(Cl)ccc4Cl)no3)ccc21. The fourth-order valence-electron chi connectivity index (χ4n) is 3.28. The third kappa shape index (κ3) is 3.43. The highest BCUT2D eigenvalue weighted by Crippen LogP contribution is 2.31. The van der Waals surface area contributed by atoms with E-state index in [-0.39, 0.29) is 6.04 Å². The molecule has 1 atom stereocenters. The van der Waals surface area contributed by atoms with Crippen molar-refractivity contribution in [1.29, 1.82) is 0 Å². The number of hydrogen-bond acceptors (Lipinski definition) is 4. The number of hydrogen-bond donors (Lipinski definition) is 1. The number of benzene rings is 2. The minimum Gasteiger partial charge on any atom is -0.334 e. The Morgan fingerprint density at radius 3 is 2.92 bits per heavy atom. The van der Waals surface area contributed by atoms with Crippen LogP contribution in [0.2, 0.25) is 10.0 Å². The first-order valence-electron chi connectivity index (χ1n) is 8.25. The van der Waals surface area contributed by atoms with Gasteiger partial charge in [-0.3, -0.25) is 0 Å². The Morgan fingerprint density at radius 1 is 1.16 bits per heavy atom. The van der Waals surface area contributed by atoms with Gasteiger partial charge in [-0.15, -0.1) is 0 Å². The summed E-state index contributed by atoms with van der Waals surface area (Å²) in [4.78, 5) is 4.50. The summed E-state index contributed by atoms with van der Waals surface area (Å²) in [5.74, 6) is 1.09. The van der Waals surface area contributed by atoms with Crippen molar-refractivity contribution in [3.63, 3.8) is 0 Å². The van der Waals surface area contributed by atoms with Crippen LogP contribution in [0.1, 0.15) is 41.4 Å². The third-order valence-electron chi connectivity index (χ3n) is 4.58. The van der Waals surface area contributed by atoms with E-state index in [4.69, 9.17) is 33.5 Å². The van der Waals surface area contributed by atoms with Crippen LogP contribution in [-0.2, 0) is 12.8 Å². The van der Waals surface area contributed by atoms with E-state index in [1.54, 1.807) is 12.1 Å². The Bertz CT molecular complexity index is 923. The van der Waals surface area contributed by atoms with Crippen molar-refractivity contribution in [2.75, 3.05) is 0 Å². The van der Waals surface area contributed by atoms with Crippen LogP contribution in [0.3, 0.4) is 0 Å². The molecule has 6 heteroatoms. The predicted molar refractivity (Wildman–Crippen MR) is 98.9 cm³/mol. The summed E-state index contributed by atoms with van der Waals surface area (Å²) in [7, 11) is 0. The second-order valence-corrected chi connectivity index (χ2v) is 7.18. The molecule has 0 saturated carbocycles. The first-order chi connectivity index (χ1) is 12.1. The summed E-state index contributed by atoms with van der Waals surface area (Å²) in [5.41, 5.74) is 10.5. The van der Waals surface area contributed by atoms with Gasteiger partial charge in [-0.1, -0.05) is 34.4 Å². The second kappa shape index (κ2) is 6.79. The summed E-state index contributed by atoms with van der Waals surface area (Å²) in [6.07, 6.45) is 3.66. The third-order valence-corrected chi connectivity index (χ3v) is 5.18. The molecule has 0 bridgehead atoms. The van der Waals surface area contributed by atoms with E-state index in [1.807, 2.05) is 12.1 Å². The molecule has 2 aromatic carbocycles. The molecule has 4 rings (SSSR count). The summed E-state index contributed by atoms with van der Waals surface area (Å²) in [6.45, 7) is 0. The topological polar surface area (TPSA) is 64.9 Å². The van der Waals surface area contributed by atoms with Crippen LogP contribution in [0.25, 0.3) is 11.5 Å². The standard InChI is InChI=1S/C19H17Cl2N3O/c20-14-5-7-16(21)13(9-14)10-18-23-19(25-24-18)12-4-6-15-11(8-12)2-1-3-17(15)22/h4-9,17H,1-3,10,22H2. The van der Waals surface area contributed by atoms with Crippen LogP contribution < -0.4 is 5.73 Å². The van der Waals surface area contributed by atoms with Gasteiger partial charge in [-0.2, -0.15) is 4.98 Å². The highest BCUT2D eigenvalue weighted by atomic mass is 35.5. The molecule has 128 valence electrons. The lowest BCUT2D eigenvalue weighted by Gasteiger charge is -2.22. The number of rotatable bonds is 3. The highest BCUT2D eigenvalue weighted by Gasteiger charge is 2.19. The maximum atomic E-state index is 6.21. The average Bonchev–Trinajstić information content (AvgIpc) is 3.07. The molecule has 1 aliphatic carbocycles. The molecule has 0 aliphatic heterocycles.